The number of hydrogen-bond acceptors (Lipinski definition) is 4. The SMILES string of the molecule is CCOc1ccc(C(=O)C(C)NCCO)cc1. The molecule has 0 fully saturated rings. The first-order valence-corrected chi connectivity index (χ1v) is 5.80. The number of carbonyl (C=O) groups excluding carboxylic acids is 1. The van der Waals surface area contributed by atoms with Gasteiger partial charge in [-0.1, -0.05) is 0 Å². The molecule has 0 amide bonds. The molecule has 4 nitrogen and oxygen atoms in total. The summed E-state index contributed by atoms with van der Waals surface area (Å²) in [7, 11) is 0. The van der Waals surface area contributed by atoms with E-state index in [0.717, 1.165) is 5.75 Å². The molecule has 0 aliphatic heterocycles. The molecule has 2 N–H and O–H groups in total. The first-order chi connectivity index (χ1) is 8.19. The molecular weight excluding hydrogens is 218 g/mol. The van der Waals surface area contributed by atoms with Gasteiger partial charge in [-0.15, -0.1) is 0 Å². The van der Waals surface area contributed by atoms with E-state index in [0.29, 0.717) is 18.7 Å². The maximum absolute atomic E-state index is 11.9. The summed E-state index contributed by atoms with van der Waals surface area (Å²) < 4.78 is 5.31. The molecule has 0 aliphatic carbocycles. The number of hydrogen-bond donors (Lipinski definition) is 2. The number of nitrogens with one attached hydrogen (secondary N) is 1. The van der Waals surface area contributed by atoms with Gasteiger partial charge in [0.05, 0.1) is 19.3 Å². The fourth-order valence-corrected chi connectivity index (χ4v) is 1.51. The van der Waals surface area contributed by atoms with Crippen molar-refractivity contribution in [1.82, 2.24) is 5.32 Å². The Labute approximate surface area is 102 Å². The van der Waals surface area contributed by atoms with Crippen LogP contribution in [0.1, 0.15) is 24.2 Å². The number of aliphatic hydroxyl groups excluding tert-OH is 1. The Morgan fingerprint density at radius 3 is 2.59 bits per heavy atom. The molecule has 0 spiro atoms. The van der Waals surface area contributed by atoms with Crippen molar-refractivity contribution >= 4 is 5.78 Å². The monoisotopic (exact) mass is 237 g/mol. The molecule has 1 atom stereocenters. The number of carbonyl (C=O) groups is 1. The molecule has 17 heavy (non-hydrogen) atoms. The van der Waals surface area contributed by atoms with Gasteiger partial charge in [-0.3, -0.25) is 4.79 Å². The third-order valence-electron chi connectivity index (χ3n) is 2.41. The predicted molar refractivity (Wildman–Crippen MR) is 66.5 cm³/mol. The molecule has 0 aromatic heterocycles. The van der Waals surface area contributed by atoms with Crippen molar-refractivity contribution < 1.29 is 14.6 Å². The van der Waals surface area contributed by atoms with Crippen LogP contribution in [0.2, 0.25) is 0 Å². The molecule has 0 saturated carbocycles. The van der Waals surface area contributed by atoms with Crippen LogP contribution in [0.25, 0.3) is 0 Å². The van der Waals surface area contributed by atoms with Crippen LogP contribution in [-0.4, -0.2) is 36.7 Å². The summed E-state index contributed by atoms with van der Waals surface area (Å²) in [6.45, 7) is 4.76. The zero-order chi connectivity index (χ0) is 12.7. The second-order valence-electron chi connectivity index (χ2n) is 3.72. The van der Waals surface area contributed by atoms with Crippen molar-refractivity contribution in [3.63, 3.8) is 0 Å². The van der Waals surface area contributed by atoms with Crippen LogP contribution in [0.5, 0.6) is 5.75 Å². The summed E-state index contributed by atoms with van der Waals surface area (Å²) in [5.74, 6) is 0.779. The van der Waals surface area contributed by atoms with Crippen molar-refractivity contribution in [3.05, 3.63) is 29.8 Å². The number of benzene rings is 1. The molecule has 0 aliphatic rings. The molecule has 4 heteroatoms. The largest absolute Gasteiger partial charge is 0.494 e. The summed E-state index contributed by atoms with van der Waals surface area (Å²) in [5.41, 5.74) is 0.645. The molecule has 0 radical (unpaired) electrons. The number of ketones is 1. The lowest BCUT2D eigenvalue weighted by molar-refractivity contribution is 0.0948. The number of rotatable bonds is 7. The summed E-state index contributed by atoms with van der Waals surface area (Å²) in [6.07, 6.45) is 0. The van der Waals surface area contributed by atoms with E-state index in [1.54, 1.807) is 31.2 Å². The van der Waals surface area contributed by atoms with Crippen LogP contribution in [0.4, 0.5) is 0 Å². The molecule has 0 saturated heterocycles. The highest BCUT2D eigenvalue weighted by atomic mass is 16.5. The number of Topliss-reactive ketones (excluding diaryl/α,β-unsaturated/α-hetero) is 1. The van der Waals surface area contributed by atoms with E-state index < -0.39 is 0 Å². The van der Waals surface area contributed by atoms with Crippen molar-refractivity contribution in [2.45, 2.75) is 19.9 Å². The summed E-state index contributed by atoms with van der Waals surface area (Å²) in [6, 6.07) is 6.79. The standard InChI is InChI=1S/C13H19NO3/c1-3-17-12-6-4-11(5-7-12)13(16)10(2)14-8-9-15/h4-7,10,14-15H,3,8-9H2,1-2H3. The van der Waals surface area contributed by atoms with Crippen LogP contribution in [0.3, 0.4) is 0 Å². The molecule has 0 bridgehead atoms. The molecule has 1 aromatic rings. The third kappa shape index (κ3) is 4.17. The normalized spacial score (nSPS) is 12.2. The fourth-order valence-electron chi connectivity index (χ4n) is 1.51. The lowest BCUT2D eigenvalue weighted by Gasteiger charge is -2.12. The minimum absolute atomic E-state index is 0.0153. The van der Waals surface area contributed by atoms with E-state index in [9.17, 15) is 4.79 Å². The molecule has 0 heterocycles. The molecule has 1 unspecified atom stereocenters. The second kappa shape index (κ2) is 7.04. The van der Waals surface area contributed by atoms with Gasteiger partial charge in [-0.25, -0.2) is 0 Å². The Bertz CT molecular complexity index is 348. The molecule has 1 aromatic carbocycles. The molecule has 94 valence electrons. The number of aliphatic hydroxyl groups is 1. The first-order valence-electron chi connectivity index (χ1n) is 5.80. The van der Waals surface area contributed by atoms with Gasteiger partial charge >= 0.3 is 0 Å². The topological polar surface area (TPSA) is 58.6 Å². The van der Waals surface area contributed by atoms with Gasteiger partial charge in [-0.05, 0) is 38.1 Å². The Morgan fingerprint density at radius 1 is 1.41 bits per heavy atom. The Hall–Kier alpha value is -1.39. The fraction of sp³-hybridized carbons (Fsp3) is 0.462. The average molecular weight is 237 g/mol. The maximum atomic E-state index is 11.9. The van der Waals surface area contributed by atoms with E-state index in [4.69, 9.17) is 9.84 Å². The van der Waals surface area contributed by atoms with Crippen LogP contribution in [-0.2, 0) is 0 Å². The Morgan fingerprint density at radius 2 is 2.06 bits per heavy atom. The maximum Gasteiger partial charge on any atom is 0.179 e. The third-order valence-corrected chi connectivity index (χ3v) is 2.41. The van der Waals surface area contributed by atoms with Crippen molar-refractivity contribution in [2.75, 3.05) is 19.8 Å². The summed E-state index contributed by atoms with van der Waals surface area (Å²) in [4.78, 5) is 11.9. The Kier molecular flexibility index (Phi) is 5.66. The highest BCUT2D eigenvalue weighted by Gasteiger charge is 2.13. The minimum atomic E-state index is -0.292. The quantitative estimate of drug-likeness (QED) is 0.700. The lowest BCUT2D eigenvalue weighted by atomic mass is 10.1. The van der Waals surface area contributed by atoms with Gasteiger partial charge in [0.2, 0.25) is 0 Å². The lowest BCUT2D eigenvalue weighted by Crippen LogP contribution is -2.35. The minimum Gasteiger partial charge on any atom is -0.494 e. The predicted octanol–water partition coefficient (Wildman–Crippen LogP) is 1.24. The van der Waals surface area contributed by atoms with E-state index in [-0.39, 0.29) is 18.4 Å². The number of ether oxygens (including phenoxy) is 1. The van der Waals surface area contributed by atoms with Crippen molar-refractivity contribution in [1.29, 1.82) is 0 Å². The van der Waals surface area contributed by atoms with E-state index >= 15 is 0 Å². The Balaban J connectivity index is 2.62. The van der Waals surface area contributed by atoms with Crippen LogP contribution >= 0.6 is 0 Å². The van der Waals surface area contributed by atoms with Crippen molar-refractivity contribution in [2.24, 2.45) is 0 Å². The highest BCUT2D eigenvalue weighted by Crippen LogP contribution is 2.13. The highest BCUT2D eigenvalue weighted by molar-refractivity contribution is 5.99. The summed E-state index contributed by atoms with van der Waals surface area (Å²) >= 11 is 0. The second-order valence-corrected chi connectivity index (χ2v) is 3.72. The zero-order valence-corrected chi connectivity index (χ0v) is 10.3. The van der Waals surface area contributed by atoms with E-state index in [1.165, 1.54) is 0 Å². The van der Waals surface area contributed by atoms with Gasteiger partial charge in [0, 0.05) is 12.1 Å². The van der Waals surface area contributed by atoms with Gasteiger partial charge < -0.3 is 15.2 Å². The smallest absolute Gasteiger partial charge is 0.179 e. The van der Waals surface area contributed by atoms with Gasteiger partial charge in [0.15, 0.2) is 5.78 Å². The zero-order valence-electron chi connectivity index (χ0n) is 10.3. The van der Waals surface area contributed by atoms with E-state index in [1.807, 2.05) is 6.92 Å². The van der Waals surface area contributed by atoms with Crippen LogP contribution in [0, 0.1) is 0 Å². The van der Waals surface area contributed by atoms with Crippen molar-refractivity contribution in [3.8, 4) is 5.75 Å². The molecule has 1 rings (SSSR count). The van der Waals surface area contributed by atoms with Crippen LogP contribution in [0.15, 0.2) is 24.3 Å². The first kappa shape index (κ1) is 13.7. The van der Waals surface area contributed by atoms with Gasteiger partial charge in [-0.2, -0.15) is 0 Å². The van der Waals surface area contributed by atoms with E-state index in [2.05, 4.69) is 5.32 Å². The summed E-state index contributed by atoms with van der Waals surface area (Å²) in [5, 5.41) is 11.6. The van der Waals surface area contributed by atoms with Gasteiger partial charge in [0.25, 0.3) is 0 Å². The van der Waals surface area contributed by atoms with Crippen LogP contribution < -0.4 is 10.1 Å². The molecular formula is C13H19NO3. The van der Waals surface area contributed by atoms with Gasteiger partial charge in [0.1, 0.15) is 5.75 Å². The average Bonchev–Trinajstić information content (AvgIpc) is 2.36.